The molecule has 0 radical (unpaired) electrons. The fourth-order valence-corrected chi connectivity index (χ4v) is 2.53. The minimum atomic E-state index is -0.401. The molecule has 2 aromatic carbocycles. The molecule has 102 valence electrons. The van der Waals surface area contributed by atoms with Crippen LogP contribution in [0.4, 0.5) is 0 Å². The molecule has 0 heterocycles. The van der Waals surface area contributed by atoms with Crippen molar-refractivity contribution in [1.29, 1.82) is 0 Å². The summed E-state index contributed by atoms with van der Waals surface area (Å²) >= 11 is 0. The highest BCUT2D eigenvalue weighted by molar-refractivity contribution is 5.40. The van der Waals surface area contributed by atoms with Crippen molar-refractivity contribution >= 4 is 0 Å². The molecule has 0 unspecified atom stereocenters. The third-order valence-corrected chi connectivity index (χ3v) is 3.66. The second kappa shape index (κ2) is 6.88. The number of allylic oxidation sites excluding steroid dienone is 3. The van der Waals surface area contributed by atoms with Crippen LogP contribution in [-0.2, 0) is 5.41 Å². The van der Waals surface area contributed by atoms with Gasteiger partial charge in [0.15, 0.2) is 0 Å². The van der Waals surface area contributed by atoms with E-state index in [0.29, 0.717) is 0 Å². The highest BCUT2D eigenvalue weighted by Gasteiger charge is 2.32. The maximum Gasteiger partial charge on any atom is 0.0571 e. The average Bonchev–Trinajstić information content (AvgIpc) is 2.54. The Bertz CT molecular complexity index is 515. The monoisotopic (exact) mass is 264 g/mol. The van der Waals surface area contributed by atoms with Crippen molar-refractivity contribution in [1.82, 2.24) is 0 Å². The zero-order valence-corrected chi connectivity index (χ0v) is 11.6. The molecule has 0 aliphatic heterocycles. The summed E-state index contributed by atoms with van der Waals surface area (Å²) in [7, 11) is 0. The third-order valence-electron chi connectivity index (χ3n) is 3.66. The predicted octanol–water partition coefficient (Wildman–Crippen LogP) is 4.10. The Hall–Kier alpha value is -2.12. The van der Waals surface area contributed by atoms with Gasteiger partial charge in [-0.3, -0.25) is 0 Å². The number of benzene rings is 2. The Labute approximate surface area is 120 Å². The van der Waals surface area contributed by atoms with Crippen molar-refractivity contribution in [2.45, 2.75) is 11.8 Å². The van der Waals surface area contributed by atoms with Gasteiger partial charge in [-0.25, -0.2) is 0 Å². The summed E-state index contributed by atoms with van der Waals surface area (Å²) in [5, 5.41) is 10.1. The first-order chi connectivity index (χ1) is 9.83. The number of hydrogen-bond donors (Lipinski definition) is 1. The molecule has 0 bridgehead atoms. The van der Waals surface area contributed by atoms with Gasteiger partial charge in [-0.05, 0) is 17.5 Å². The molecule has 0 fully saturated rings. The molecular weight excluding hydrogens is 244 g/mol. The summed E-state index contributed by atoms with van der Waals surface area (Å²) in [4.78, 5) is 0. The summed E-state index contributed by atoms with van der Waals surface area (Å²) in [6.07, 6.45) is 6.49. The quantitative estimate of drug-likeness (QED) is 0.779. The van der Waals surface area contributed by atoms with Crippen LogP contribution in [0.1, 0.15) is 17.5 Å². The summed E-state index contributed by atoms with van der Waals surface area (Å²) in [5.41, 5.74) is 1.85. The molecule has 0 aliphatic carbocycles. The van der Waals surface area contributed by atoms with Gasteiger partial charge in [-0.2, -0.15) is 0 Å². The lowest BCUT2D eigenvalue weighted by Crippen LogP contribution is -2.31. The van der Waals surface area contributed by atoms with E-state index in [1.807, 2.05) is 42.5 Å². The number of aliphatic hydroxyl groups is 1. The van der Waals surface area contributed by atoms with Crippen LogP contribution in [0.5, 0.6) is 0 Å². The molecule has 20 heavy (non-hydrogen) atoms. The van der Waals surface area contributed by atoms with E-state index in [9.17, 15) is 5.11 Å². The van der Waals surface area contributed by atoms with Crippen molar-refractivity contribution in [3.8, 4) is 0 Å². The SMILES string of the molecule is C=C/C=C/CC(CO)(c1ccccc1)c1ccccc1. The summed E-state index contributed by atoms with van der Waals surface area (Å²) < 4.78 is 0. The standard InChI is InChI=1S/C19H20O/c1-2-3-10-15-19(16-20,17-11-6-4-7-12-17)18-13-8-5-9-14-18/h2-14,20H,1,15-16H2/b10-3+. The first-order valence-corrected chi connectivity index (χ1v) is 6.83. The molecule has 0 saturated carbocycles. The Morgan fingerprint density at radius 2 is 1.40 bits per heavy atom. The average molecular weight is 264 g/mol. The molecule has 0 amide bonds. The van der Waals surface area contributed by atoms with Crippen LogP contribution in [0, 0.1) is 0 Å². The zero-order chi connectivity index (χ0) is 14.3. The first kappa shape index (κ1) is 14.3. The van der Waals surface area contributed by atoms with Crippen molar-refractivity contribution in [3.05, 3.63) is 96.6 Å². The van der Waals surface area contributed by atoms with E-state index in [2.05, 4.69) is 36.9 Å². The molecule has 0 aliphatic rings. The maximum atomic E-state index is 10.1. The molecule has 0 saturated heterocycles. The fraction of sp³-hybridized carbons (Fsp3) is 0.158. The Morgan fingerprint density at radius 3 is 1.80 bits per heavy atom. The second-order valence-electron chi connectivity index (χ2n) is 4.84. The molecule has 0 atom stereocenters. The number of hydrogen-bond acceptors (Lipinski definition) is 1. The Kier molecular flexibility index (Phi) is 4.91. The van der Waals surface area contributed by atoms with E-state index < -0.39 is 5.41 Å². The van der Waals surface area contributed by atoms with Crippen molar-refractivity contribution < 1.29 is 5.11 Å². The summed E-state index contributed by atoms with van der Waals surface area (Å²) in [6.45, 7) is 3.77. The van der Waals surface area contributed by atoms with Crippen LogP contribution in [0.2, 0.25) is 0 Å². The highest BCUT2D eigenvalue weighted by Crippen LogP contribution is 2.35. The van der Waals surface area contributed by atoms with E-state index in [4.69, 9.17) is 0 Å². The largest absolute Gasteiger partial charge is 0.395 e. The van der Waals surface area contributed by atoms with Crippen molar-refractivity contribution in [2.75, 3.05) is 6.61 Å². The van der Waals surface area contributed by atoms with E-state index in [1.54, 1.807) is 6.08 Å². The Balaban J connectivity index is 2.52. The van der Waals surface area contributed by atoms with Crippen LogP contribution in [-0.4, -0.2) is 11.7 Å². The van der Waals surface area contributed by atoms with E-state index >= 15 is 0 Å². The van der Waals surface area contributed by atoms with Crippen LogP contribution in [0.25, 0.3) is 0 Å². The van der Waals surface area contributed by atoms with Crippen LogP contribution >= 0.6 is 0 Å². The zero-order valence-electron chi connectivity index (χ0n) is 11.6. The number of rotatable bonds is 6. The first-order valence-electron chi connectivity index (χ1n) is 6.83. The van der Waals surface area contributed by atoms with E-state index in [-0.39, 0.29) is 6.61 Å². The predicted molar refractivity (Wildman–Crippen MR) is 84.7 cm³/mol. The second-order valence-corrected chi connectivity index (χ2v) is 4.84. The van der Waals surface area contributed by atoms with Gasteiger partial charge in [0.05, 0.1) is 6.61 Å². The molecule has 1 N–H and O–H groups in total. The molecule has 1 nitrogen and oxygen atoms in total. The minimum absolute atomic E-state index is 0.0719. The van der Waals surface area contributed by atoms with Gasteiger partial charge in [0.1, 0.15) is 0 Å². The van der Waals surface area contributed by atoms with E-state index in [1.165, 1.54) is 0 Å². The Morgan fingerprint density at radius 1 is 0.900 bits per heavy atom. The summed E-state index contributed by atoms with van der Waals surface area (Å²) in [6, 6.07) is 20.3. The highest BCUT2D eigenvalue weighted by atomic mass is 16.3. The van der Waals surface area contributed by atoms with Gasteiger partial charge in [-0.1, -0.05) is 85.5 Å². The fourth-order valence-electron chi connectivity index (χ4n) is 2.53. The van der Waals surface area contributed by atoms with Crippen LogP contribution in [0.15, 0.2) is 85.5 Å². The van der Waals surface area contributed by atoms with Gasteiger partial charge in [0, 0.05) is 5.41 Å². The molecule has 2 aromatic rings. The van der Waals surface area contributed by atoms with Gasteiger partial charge in [0.2, 0.25) is 0 Å². The van der Waals surface area contributed by atoms with Gasteiger partial charge >= 0.3 is 0 Å². The van der Waals surface area contributed by atoms with Crippen LogP contribution in [0.3, 0.4) is 0 Å². The third kappa shape index (κ3) is 2.89. The minimum Gasteiger partial charge on any atom is -0.395 e. The van der Waals surface area contributed by atoms with Crippen molar-refractivity contribution in [3.63, 3.8) is 0 Å². The van der Waals surface area contributed by atoms with E-state index in [0.717, 1.165) is 17.5 Å². The lowest BCUT2D eigenvalue weighted by atomic mass is 9.72. The van der Waals surface area contributed by atoms with Crippen molar-refractivity contribution in [2.24, 2.45) is 0 Å². The topological polar surface area (TPSA) is 20.2 Å². The lowest BCUT2D eigenvalue weighted by Gasteiger charge is -2.32. The van der Waals surface area contributed by atoms with Gasteiger partial charge in [-0.15, -0.1) is 0 Å². The smallest absolute Gasteiger partial charge is 0.0571 e. The molecule has 0 aromatic heterocycles. The molecule has 2 rings (SSSR count). The lowest BCUT2D eigenvalue weighted by molar-refractivity contribution is 0.220. The van der Waals surface area contributed by atoms with Gasteiger partial charge < -0.3 is 5.11 Å². The normalized spacial score (nSPS) is 11.7. The maximum absolute atomic E-state index is 10.1. The molecule has 1 heteroatoms. The molecule has 0 spiro atoms. The number of aliphatic hydroxyl groups excluding tert-OH is 1. The summed E-state index contributed by atoms with van der Waals surface area (Å²) in [5.74, 6) is 0. The molecular formula is C19H20O. The van der Waals surface area contributed by atoms with Gasteiger partial charge in [0.25, 0.3) is 0 Å². The van der Waals surface area contributed by atoms with Crippen LogP contribution < -0.4 is 0 Å².